The maximum Gasteiger partial charge on any atom is 0.407 e. The second-order valence-corrected chi connectivity index (χ2v) is 9.80. The number of benzene rings is 3. The lowest BCUT2D eigenvalue weighted by atomic mass is 9.98. The summed E-state index contributed by atoms with van der Waals surface area (Å²) in [5.74, 6) is 0.0372. The number of rotatable bonds is 7. The zero-order chi connectivity index (χ0) is 22.6. The van der Waals surface area contributed by atoms with Crippen molar-refractivity contribution in [3.63, 3.8) is 0 Å². The number of hydrogen-bond acceptors (Lipinski definition) is 4. The zero-order valence-electron chi connectivity index (χ0n) is 17.8. The van der Waals surface area contributed by atoms with Crippen molar-refractivity contribution in [1.29, 1.82) is 0 Å². The molecule has 1 aliphatic carbocycles. The zero-order valence-corrected chi connectivity index (χ0v) is 18.6. The molecule has 1 aliphatic rings. The molecule has 0 atom stereocenters. The Labute approximate surface area is 188 Å². The molecule has 4 rings (SSSR count). The number of alkyl carbamates (subject to hydrolysis) is 1. The largest absolute Gasteiger partial charge is 0.449 e. The quantitative estimate of drug-likeness (QED) is 0.516. The van der Waals surface area contributed by atoms with Gasteiger partial charge in [0.1, 0.15) is 6.61 Å². The SMILES string of the molecule is CS(=O)(=O)c1cccc(C=CCCNC(=O)OCC2c3ccccc3-c3ccccc32)c1. The van der Waals surface area contributed by atoms with E-state index in [9.17, 15) is 13.2 Å². The average Bonchev–Trinajstić information content (AvgIpc) is 3.11. The van der Waals surface area contributed by atoms with Gasteiger partial charge in [-0.3, -0.25) is 0 Å². The van der Waals surface area contributed by atoms with Crippen molar-refractivity contribution in [3.05, 3.63) is 95.6 Å². The van der Waals surface area contributed by atoms with E-state index in [4.69, 9.17) is 4.74 Å². The van der Waals surface area contributed by atoms with E-state index in [1.165, 1.54) is 28.5 Å². The summed E-state index contributed by atoms with van der Waals surface area (Å²) in [6.07, 6.45) is 5.08. The summed E-state index contributed by atoms with van der Waals surface area (Å²) >= 11 is 0. The molecule has 1 amide bonds. The van der Waals surface area contributed by atoms with Gasteiger partial charge in [0.25, 0.3) is 0 Å². The van der Waals surface area contributed by atoms with Crippen LogP contribution in [0.2, 0.25) is 0 Å². The van der Waals surface area contributed by atoms with Gasteiger partial charge in [-0.2, -0.15) is 0 Å². The molecule has 0 unspecified atom stereocenters. The minimum Gasteiger partial charge on any atom is -0.449 e. The van der Waals surface area contributed by atoms with Crippen LogP contribution in [-0.4, -0.2) is 33.9 Å². The van der Waals surface area contributed by atoms with E-state index < -0.39 is 15.9 Å². The predicted molar refractivity (Wildman–Crippen MR) is 126 cm³/mol. The lowest BCUT2D eigenvalue weighted by Crippen LogP contribution is -2.26. The molecule has 0 saturated heterocycles. The molecular weight excluding hydrogens is 422 g/mol. The van der Waals surface area contributed by atoms with Gasteiger partial charge in [0.15, 0.2) is 9.84 Å². The van der Waals surface area contributed by atoms with E-state index in [0.29, 0.717) is 13.0 Å². The maximum absolute atomic E-state index is 12.2. The van der Waals surface area contributed by atoms with E-state index in [2.05, 4.69) is 29.6 Å². The summed E-state index contributed by atoms with van der Waals surface area (Å²) in [4.78, 5) is 12.5. The highest BCUT2D eigenvalue weighted by molar-refractivity contribution is 7.90. The molecule has 0 saturated carbocycles. The van der Waals surface area contributed by atoms with E-state index >= 15 is 0 Å². The minimum atomic E-state index is -3.23. The number of sulfone groups is 1. The van der Waals surface area contributed by atoms with E-state index in [-0.39, 0.29) is 17.4 Å². The van der Waals surface area contributed by atoms with Crippen LogP contribution in [0.4, 0.5) is 4.79 Å². The molecule has 0 aromatic heterocycles. The molecule has 3 aromatic rings. The van der Waals surface area contributed by atoms with E-state index in [1.54, 1.807) is 18.2 Å². The molecule has 164 valence electrons. The summed E-state index contributed by atoms with van der Waals surface area (Å²) in [5.41, 5.74) is 5.56. The summed E-state index contributed by atoms with van der Waals surface area (Å²) in [6.45, 7) is 0.715. The predicted octanol–water partition coefficient (Wildman–Crippen LogP) is 5.03. The van der Waals surface area contributed by atoms with Gasteiger partial charge in [-0.25, -0.2) is 13.2 Å². The van der Waals surface area contributed by atoms with Crippen molar-refractivity contribution in [2.45, 2.75) is 17.2 Å². The van der Waals surface area contributed by atoms with Gasteiger partial charge < -0.3 is 10.1 Å². The monoisotopic (exact) mass is 447 g/mol. The fourth-order valence-corrected chi connectivity index (χ4v) is 4.65. The Hall–Kier alpha value is -3.38. The van der Waals surface area contributed by atoms with Crippen LogP contribution in [0.3, 0.4) is 0 Å². The van der Waals surface area contributed by atoms with E-state index in [0.717, 1.165) is 5.56 Å². The second-order valence-electron chi connectivity index (χ2n) is 7.79. The van der Waals surface area contributed by atoms with Gasteiger partial charge in [-0.1, -0.05) is 72.8 Å². The van der Waals surface area contributed by atoms with Gasteiger partial charge in [-0.05, 0) is 46.4 Å². The maximum atomic E-state index is 12.2. The third-order valence-corrected chi connectivity index (χ3v) is 6.63. The van der Waals surface area contributed by atoms with Crippen molar-refractivity contribution in [3.8, 4) is 11.1 Å². The highest BCUT2D eigenvalue weighted by Crippen LogP contribution is 2.44. The molecule has 0 heterocycles. The fourth-order valence-electron chi connectivity index (χ4n) is 3.98. The number of amides is 1. The molecule has 6 heteroatoms. The normalized spacial score (nSPS) is 13.0. The molecule has 1 N–H and O–H groups in total. The van der Waals surface area contributed by atoms with Gasteiger partial charge in [0.2, 0.25) is 0 Å². The smallest absolute Gasteiger partial charge is 0.407 e. The number of carbonyl (C=O) groups is 1. The number of fused-ring (bicyclic) bond motifs is 3. The summed E-state index contributed by atoms with van der Waals surface area (Å²) in [6, 6.07) is 23.2. The number of nitrogens with one attached hydrogen (secondary N) is 1. The highest BCUT2D eigenvalue weighted by atomic mass is 32.2. The Bertz CT molecular complexity index is 1220. The van der Waals surface area contributed by atoms with Gasteiger partial charge in [0, 0.05) is 18.7 Å². The third-order valence-electron chi connectivity index (χ3n) is 5.52. The number of carbonyl (C=O) groups excluding carboxylic acids is 1. The Balaban J connectivity index is 1.27. The van der Waals surface area contributed by atoms with Crippen LogP contribution >= 0.6 is 0 Å². The first kappa shape index (κ1) is 21.8. The molecule has 0 spiro atoms. The number of hydrogen-bond donors (Lipinski definition) is 1. The van der Waals surface area contributed by atoms with Crippen molar-refractivity contribution in [2.75, 3.05) is 19.4 Å². The molecule has 0 fully saturated rings. The molecule has 32 heavy (non-hydrogen) atoms. The van der Waals surface area contributed by atoms with Crippen LogP contribution in [0.5, 0.6) is 0 Å². The second kappa shape index (κ2) is 9.40. The molecule has 5 nitrogen and oxygen atoms in total. The van der Waals surface area contributed by atoms with Crippen LogP contribution in [-0.2, 0) is 14.6 Å². The highest BCUT2D eigenvalue weighted by Gasteiger charge is 2.28. The first-order chi connectivity index (χ1) is 15.4. The van der Waals surface area contributed by atoms with Crippen LogP contribution in [0.15, 0.2) is 83.8 Å². The first-order valence-electron chi connectivity index (χ1n) is 10.5. The van der Waals surface area contributed by atoms with Gasteiger partial charge >= 0.3 is 6.09 Å². The van der Waals surface area contributed by atoms with E-state index in [1.807, 2.05) is 42.5 Å². The molecular formula is C26H25NO4S. The van der Waals surface area contributed by atoms with Crippen LogP contribution in [0, 0.1) is 0 Å². The summed E-state index contributed by atoms with van der Waals surface area (Å²) in [7, 11) is -3.23. The Morgan fingerprint density at radius 2 is 1.62 bits per heavy atom. The molecule has 3 aromatic carbocycles. The van der Waals surface area contributed by atoms with Crippen molar-refractivity contribution >= 4 is 22.0 Å². The standard InChI is InChI=1S/C26H25NO4S/c1-32(29,30)20-11-8-10-19(17-20)9-6-7-16-27-26(28)31-18-25-23-14-4-2-12-21(23)22-13-3-5-15-24(22)25/h2-6,8-15,17,25H,7,16,18H2,1H3,(H,27,28). The Morgan fingerprint density at radius 1 is 0.969 bits per heavy atom. The fraction of sp³-hybridized carbons (Fsp3) is 0.192. The molecule has 0 bridgehead atoms. The Kier molecular flexibility index (Phi) is 6.42. The van der Waals surface area contributed by atoms with Gasteiger partial charge in [-0.15, -0.1) is 0 Å². The van der Waals surface area contributed by atoms with Gasteiger partial charge in [0.05, 0.1) is 4.90 Å². The minimum absolute atomic E-state index is 0.0372. The van der Waals surface area contributed by atoms with Crippen molar-refractivity contribution < 1.29 is 17.9 Å². The van der Waals surface area contributed by atoms with Crippen LogP contribution in [0.1, 0.15) is 29.0 Å². The van der Waals surface area contributed by atoms with Crippen molar-refractivity contribution in [1.82, 2.24) is 5.32 Å². The lowest BCUT2D eigenvalue weighted by molar-refractivity contribution is 0.143. The first-order valence-corrected chi connectivity index (χ1v) is 12.4. The Morgan fingerprint density at radius 3 is 2.28 bits per heavy atom. The van der Waals surface area contributed by atoms with Crippen LogP contribution in [0.25, 0.3) is 17.2 Å². The summed E-state index contributed by atoms with van der Waals surface area (Å²) < 4.78 is 28.8. The average molecular weight is 448 g/mol. The summed E-state index contributed by atoms with van der Waals surface area (Å²) in [5, 5.41) is 2.77. The van der Waals surface area contributed by atoms with Crippen molar-refractivity contribution in [2.24, 2.45) is 0 Å². The molecule has 0 aliphatic heterocycles. The number of ether oxygens (including phenoxy) is 1. The third kappa shape index (κ3) is 4.92. The topological polar surface area (TPSA) is 72.5 Å². The molecule has 0 radical (unpaired) electrons. The van der Waals surface area contributed by atoms with Crippen LogP contribution < -0.4 is 5.32 Å². The lowest BCUT2D eigenvalue weighted by Gasteiger charge is -2.14.